The van der Waals surface area contributed by atoms with E-state index >= 15 is 0 Å². The second-order valence-corrected chi connectivity index (χ2v) is 7.35. The van der Waals surface area contributed by atoms with Crippen LogP contribution in [0, 0.1) is 5.41 Å². The van der Waals surface area contributed by atoms with Gasteiger partial charge in [0.15, 0.2) is 5.96 Å². The number of rotatable bonds is 3. The van der Waals surface area contributed by atoms with Crippen molar-refractivity contribution in [3.8, 4) is 0 Å². The van der Waals surface area contributed by atoms with Gasteiger partial charge < -0.3 is 15.1 Å². The van der Waals surface area contributed by atoms with Crippen LogP contribution in [0.15, 0.2) is 23.3 Å². The predicted molar refractivity (Wildman–Crippen MR) is 93.3 cm³/mol. The summed E-state index contributed by atoms with van der Waals surface area (Å²) in [7, 11) is 5.85. The SMILES string of the molecule is CN=C(NCc1ccnc(N(C)C)c1)N1CC(C)(C)C1(C)C. The summed E-state index contributed by atoms with van der Waals surface area (Å²) in [5.41, 5.74) is 1.62. The first-order valence-electron chi connectivity index (χ1n) is 7.79. The zero-order valence-corrected chi connectivity index (χ0v) is 14.9. The van der Waals surface area contributed by atoms with E-state index in [9.17, 15) is 0 Å². The quantitative estimate of drug-likeness (QED) is 0.687. The summed E-state index contributed by atoms with van der Waals surface area (Å²) in [4.78, 5) is 13.2. The Morgan fingerprint density at radius 1 is 1.36 bits per heavy atom. The van der Waals surface area contributed by atoms with Crippen molar-refractivity contribution in [1.82, 2.24) is 15.2 Å². The second-order valence-electron chi connectivity index (χ2n) is 7.35. The van der Waals surface area contributed by atoms with Crippen LogP contribution >= 0.6 is 0 Å². The summed E-state index contributed by atoms with van der Waals surface area (Å²) in [6, 6.07) is 4.14. The van der Waals surface area contributed by atoms with Crippen molar-refractivity contribution in [2.24, 2.45) is 10.4 Å². The lowest BCUT2D eigenvalue weighted by Crippen LogP contribution is -2.72. The fourth-order valence-corrected chi connectivity index (χ4v) is 2.69. The predicted octanol–water partition coefficient (Wildman–Crippen LogP) is 2.34. The van der Waals surface area contributed by atoms with Crippen LogP contribution in [0.5, 0.6) is 0 Å². The molecule has 1 fully saturated rings. The summed E-state index contributed by atoms with van der Waals surface area (Å²) in [6.45, 7) is 11.0. The Morgan fingerprint density at radius 2 is 2.05 bits per heavy atom. The molecule has 2 heterocycles. The molecule has 1 aliphatic rings. The van der Waals surface area contributed by atoms with Crippen molar-refractivity contribution >= 4 is 11.8 Å². The van der Waals surface area contributed by atoms with Crippen LogP contribution in [0.4, 0.5) is 5.82 Å². The van der Waals surface area contributed by atoms with Crippen molar-refractivity contribution in [2.45, 2.75) is 39.8 Å². The van der Waals surface area contributed by atoms with Crippen LogP contribution in [0.25, 0.3) is 0 Å². The van der Waals surface area contributed by atoms with E-state index in [4.69, 9.17) is 0 Å². The van der Waals surface area contributed by atoms with Gasteiger partial charge in [-0.15, -0.1) is 0 Å². The number of pyridine rings is 1. The number of aliphatic imine (C=N–C) groups is 1. The first kappa shape index (κ1) is 16.6. The number of nitrogens with zero attached hydrogens (tertiary/aromatic N) is 4. The molecule has 2 rings (SSSR count). The number of hydrogen-bond acceptors (Lipinski definition) is 3. The average Bonchev–Trinajstić information content (AvgIpc) is 2.47. The molecule has 1 aromatic rings. The third-order valence-corrected chi connectivity index (χ3v) is 5.07. The molecular formula is C17H29N5. The Bertz CT molecular complexity index is 560. The normalized spacial score (nSPS) is 19.6. The van der Waals surface area contributed by atoms with E-state index in [0.29, 0.717) is 5.41 Å². The molecule has 5 nitrogen and oxygen atoms in total. The Morgan fingerprint density at radius 3 is 2.55 bits per heavy atom. The molecular weight excluding hydrogens is 274 g/mol. The van der Waals surface area contributed by atoms with Crippen LogP contribution in [-0.4, -0.2) is 49.1 Å². The van der Waals surface area contributed by atoms with E-state index in [2.05, 4.69) is 54.0 Å². The lowest BCUT2D eigenvalue weighted by atomic mass is 9.65. The highest BCUT2D eigenvalue weighted by atomic mass is 15.4. The molecule has 0 atom stereocenters. The molecule has 0 bridgehead atoms. The average molecular weight is 303 g/mol. The zero-order chi connectivity index (χ0) is 16.5. The Balaban J connectivity index is 2.03. The highest BCUT2D eigenvalue weighted by molar-refractivity contribution is 5.82. The van der Waals surface area contributed by atoms with Gasteiger partial charge in [-0.25, -0.2) is 4.98 Å². The minimum Gasteiger partial charge on any atom is -0.363 e. The van der Waals surface area contributed by atoms with Crippen molar-refractivity contribution in [3.63, 3.8) is 0 Å². The maximum Gasteiger partial charge on any atom is 0.194 e. The summed E-state index contributed by atoms with van der Waals surface area (Å²) in [6.07, 6.45) is 1.85. The molecule has 1 N–H and O–H groups in total. The van der Waals surface area contributed by atoms with Crippen molar-refractivity contribution in [2.75, 3.05) is 32.6 Å². The minimum absolute atomic E-state index is 0.113. The number of anilines is 1. The first-order chi connectivity index (χ1) is 10.2. The summed E-state index contributed by atoms with van der Waals surface area (Å²) >= 11 is 0. The number of guanidine groups is 1. The maximum absolute atomic E-state index is 4.45. The van der Waals surface area contributed by atoms with Gasteiger partial charge in [0.2, 0.25) is 0 Å². The van der Waals surface area contributed by atoms with Gasteiger partial charge in [-0.05, 0) is 31.5 Å². The van der Waals surface area contributed by atoms with E-state index < -0.39 is 0 Å². The molecule has 122 valence electrons. The Labute approximate surface area is 134 Å². The number of hydrogen-bond donors (Lipinski definition) is 1. The highest BCUT2D eigenvalue weighted by Gasteiger charge is 2.53. The van der Waals surface area contributed by atoms with Crippen molar-refractivity contribution < 1.29 is 0 Å². The Hall–Kier alpha value is -1.78. The monoisotopic (exact) mass is 303 g/mol. The molecule has 1 aliphatic heterocycles. The summed E-state index contributed by atoms with van der Waals surface area (Å²) in [5, 5.41) is 3.48. The van der Waals surface area contributed by atoms with Gasteiger partial charge in [0.05, 0.1) is 0 Å². The fourth-order valence-electron chi connectivity index (χ4n) is 2.69. The van der Waals surface area contributed by atoms with E-state index in [0.717, 1.165) is 24.9 Å². The van der Waals surface area contributed by atoms with Gasteiger partial charge in [-0.2, -0.15) is 0 Å². The molecule has 0 unspecified atom stereocenters. The topological polar surface area (TPSA) is 43.8 Å². The maximum atomic E-state index is 4.45. The van der Waals surface area contributed by atoms with Crippen LogP contribution in [-0.2, 0) is 6.54 Å². The minimum atomic E-state index is 0.113. The number of aromatic nitrogens is 1. The standard InChI is InChI=1S/C17H29N5/c1-16(2)12-22(17(16,3)4)15(18-5)20-11-13-8-9-19-14(10-13)21(6)7/h8-10H,11-12H2,1-7H3,(H,18,20). The summed E-state index contributed by atoms with van der Waals surface area (Å²) < 4.78 is 0. The molecule has 0 amide bonds. The molecule has 1 aromatic heterocycles. The molecule has 0 aliphatic carbocycles. The number of nitrogens with one attached hydrogen (secondary N) is 1. The highest BCUT2D eigenvalue weighted by Crippen LogP contribution is 2.46. The molecule has 0 radical (unpaired) electrons. The molecule has 5 heteroatoms. The van der Waals surface area contributed by atoms with Crippen molar-refractivity contribution in [1.29, 1.82) is 0 Å². The van der Waals surface area contributed by atoms with Gasteiger partial charge in [-0.1, -0.05) is 13.8 Å². The first-order valence-corrected chi connectivity index (χ1v) is 7.79. The lowest BCUT2D eigenvalue weighted by molar-refractivity contribution is -0.0667. The molecule has 0 aromatic carbocycles. The van der Waals surface area contributed by atoms with Crippen LogP contribution in [0.2, 0.25) is 0 Å². The molecule has 0 saturated carbocycles. The van der Waals surface area contributed by atoms with Gasteiger partial charge >= 0.3 is 0 Å². The Kier molecular flexibility index (Phi) is 4.36. The summed E-state index contributed by atoms with van der Waals surface area (Å²) in [5.74, 6) is 1.94. The van der Waals surface area contributed by atoms with Gasteiger partial charge in [0, 0.05) is 51.4 Å². The molecule has 22 heavy (non-hydrogen) atoms. The van der Waals surface area contributed by atoms with E-state index in [1.54, 1.807) is 0 Å². The third kappa shape index (κ3) is 2.89. The molecule has 0 spiro atoms. The molecule has 1 saturated heterocycles. The van der Waals surface area contributed by atoms with Crippen LogP contribution in [0.3, 0.4) is 0 Å². The van der Waals surface area contributed by atoms with Gasteiger partial charge in [-0.3, -0.25) is 4.99 Å². The fraction of sp³-hybridized carbons (Fsp3) is 0.647. The smallest absolute Gasteiger partial charge is 0.194 e. The lowest BCUT2D eigenvalue weighted by Gasteiger charge is -2.62. The van der Waals surface area contributed by atoms with E-state index in [1.807, 2.05) is 38.3 Å². The van der Waals surface area contributed by atoms with Crippen molar-refractivity contribution in [3.05, 3.63) is 23.9 Å². The van der Waals surface area contributed by atoms with Gasteiger partial charge in [0.25, 0.3) is 0 Å². The van der Waals surface area contributed by atoms with Crippen LogP contribution in [0.1, 0.15) is 33.3 Å². The third-order valence-electron chi connectivity index (χ3n) is 5.07. The largest absolute Gasteiger partial charge is 0.363 e. The number of likely N-dealkylation sites (tertiary alicyclic amines) is 1. The zero-order valence-electron chi connectivity index (χ0n) is 14.9. The van der Waals surface area contributed by atoms with Gasteiger partial charge in [0.1, 0.15) is 5.82 Å². The van der Waals surface area contributed by atoms with Crippen LogP contribution < -0.4 is 10.2 Å². The second kappa shape index (κ2) is 5.78. The van der Waals surface area contributed by atoms with E-state index in [1.165, 1.54) is 5.56 Å². The van der Waals surface area contributed by atoms with E-state index in [-0.39, 0.29) is 5.54 Å².